The van der Waals surface area contributed by atoms with Gasteiger partial charge in [0, 0.05) is 26.2 Å². The summed E-state index contributed by atoms with van der Waals surface area (Å²) >= 11 is 0. The molecule has 0 saturated carbocycles. The molecule has 0 aliphatic carbocycles. The zero-order valence-corrected chi connectivity index (χ0v) is 16.3. The van der Waals surface area contributed by atoms with Crippen LogP contribution >= 0.6 is 0 Å². The molecule has 7 nitrogen and oxygen atoms in total. The molecular formula is C19H32N4O3. The van der Waals surface area contributed by atoms with Gasteiger partial charge in [0.15, 0.2) is 17.5 Å². The van der Waals surface area contributed by atoms with Crippen molar-refractivity contribution in [3.05, 3.63) is 23.8 Å². The van der Waals surface area contributed by atoms with Crippen LogP contribution in [0.5, 0.6) is 11.5 Å². The van der Waals surface area contributed by atoms with Gasteiger partial charge in [0.05, 0.1) is 33.0 Å². The molecule has 3 N–H and O–H groups in total. The Morgan fingerprint density at radius 3 is 2.58 bits per heavy atom. The molecule has 0 spiro atoms. The number of ether oxygens (including phenoxy) is 3. The molecule has 7 heteroatoms. The van der Waals surface area contributed by atoms with Crippen molar-refractivity contribution in [3.8, 4) is 11.5 Å². The van der Waals surface area contributed by atoms with Crippen LogP contribution < -0.4 is 20.5 Å². The lowest BCUT2D eigenvalue weighted by Crippen LogP contribution is -2.46. The highest BCUT2D eigenvalue weighted by molar-refractivity contribution is 5.77. The van der Waals surface area contributed by atoms with Crippen molar-refractivity contribution in [2.24, 2.45) is 10.7 Å². The SMILES string of the molecule is COc1ccc(CN=C(N)NCCCN2CC(C)OC(C)C2)cc1OC. The van der Waals surface area contributed by atoms with Crippen LogP contribution in [-0.4, -0.2) is 63.5 Å². The molecule has 2 rings (SSSR count). The first-order valence-corrected chi connectivity index (χ1v) is 9.14. The van der Waals surface area contributed by atoms with Crippen LogP contribution in [0.25, 0.3) is 0 Å². The summed E-state index contributed by atoms with van der Waals surface area (Å²) in [5.74, 6) is 1.86. The lowest BCUT2D eigenvalue weighted by Gasteiger charge is -2.35. The summed E-state index contributed by atoms with van der Waals surface area (Å²) in [5.41, 5.74) is 6.98. The molecule has 0 amide bonds. The van der Waals surface area contributed by atoms with Crippen molar-refractivity contribution < 1.29 is 14.2 Å². The number of morpholine rings is 1. The molecule has 0 radical (unpaired) electrons. The lowest BCUT2D eigenvalue weighted by molar-refractivity contribution is -0.0679. The zero-order valence-electron chi connectivity index (χ0n) is 16.3. The highest BCUT2D eigenvalue weighted by Gasteiger charge is 2.21. The van der Waals surface area contributed by atoms with Crippen LogP contribution in [0.2, 0.25) is 0 Å². The molecule has 1 aliphatic rings. The highest BCUT2D eigenvalue weighted by atomic mass is 16.5. The van der Waals surface area contributed by atoms with E-state index in [0.29, 0.717) is 36.2 Å². The Balaban J connectivity index is 1.71. The number of methoxy groups -OCH3 is 2. The predicted octanol–water partition coefficient (Wildman–Crippen LogP) is 1.61. The van der Waals surface area contributed by atoms with Crippen LogP contribution in [-0.2, 0) is 11.3 Å². The van der Waals surface area contributed by atoms with Gasteiger partial charge in [-0.1, -0.05) is 6.07 Å². The van der Waals surface area contributed by atoms with E-state index in [1.54, 1.807) is 14.2 Å². The molecular weight excluding hydrogens is 332 g/mol. The Kier molecular flexibility index (Phi) is 8.00. The van der Waals surface area contributed by atoms with Gasteiger partial charge in [0.1, 0.15) is 0 Å². The molecule has 2 atom stereocenters. The van der Waals surface area contributed by atoms with Crippen molar-refractivity contribution in [3.63, 3.8) is 0 Å². The monoisotopic (exact) mass is 364 g/mol. The molecule has 1 aromatic rings. The van der Waals surface area contributed by atoms with E-state index in [4.69, 9.17) is 19.9 Å². The fourth-order valence-corrected chi connectivity index (χ4v) is 3.20. The van der Waals surface area contributed by atoms with Crippen LogP contribution in [0.4, 0.5) is 0 Å². The number of nitrogens with two attached hydrogens (primary N) is 1. The molecule has 2 unspecified atom stereocenters. The largest absolute Gasteiger partial charge is 0.493 e. The second-order valence-corrected chi connectivity index (χ2v) is 6.69. The maximum atomic E-state index is 5.96. The van der Waals surface area contributed by atoms with E-state index in [0.717, 1.165) is 38.2 Å². The molecule has 26 heavy (non-hydrogen) atoms. The van der Waals surface area contributed by atoms with Crippen molar-refractivity contribution in [1.82, 2.24) is 10.2 Å². The number of nitrogens with zero attached hydrogens (tertiary/aromatic N) is 2. The van der Waals surface area contributed by atoms with E-state index in [1.165, 1.54) is 0 Å². The van der Waals surface area contributed by atoms with Gasteiger partial charge in [-0.3, -0.25) is 4.90 Å². The van der Waals surface area contributed by atoms with Gasteiger partial charge in [0.2, 0.25) is 0 Å². The molecule has 1 aromatic carbocycles. The van der Waals surface area contributed by atoms with E-state index in [9.17, 15) is 0 Å². The summed E-state index contributed by atoms with van der Waals surface area (Å²) in [6.07, 6.45) is 1.63. The Labute approximate surface area is 156 Å². The summed E-state index contributed by atoms with van der Waals surface area (Å²) in [5, 5.41) is 3.18. The van der Waals surface area contributed by atoms with Crippen molar-refractivity contribution in [2.75, 3.05) is 40.4 Å². The third-order valence-corrected chi connectivity index (χ3v) is 4.33. The number of hydrogen-bond acceptors (Lipinski definition) is 5. The van der Waals surface area contributed by atoms with Crippen LogP contribution in [0.15, 0.2) is 23.2 Å². The van der Waals surface area contributed by atoms with Crippen molar-refractivity contribution in [2.45, 2.75) is 39.0 Å². The highest BCUT2D eigenvalue weighted by Crippen LogP contribution is 2.27. The quantitative estimate of drug-likeness (QED) is 0.414. The minimum Gasteiger partial charge on any atom is -0.493 e. The van der Waals surface area contributed by atoms with Gasteiger partial charge < -0.3 is 25.3 Å². The van der Waals surface area contributed by atoms with Gasteiger partial charge in [-0.2, -0.15) is 0 Å². The fraction of sp³-hybridized carbons (Fsp3) is 0.632. The van der Waals surface area contributed by atoms with E-state index in [-0.39, 0.29) is 0 Å². The van der Waals surface area contributed by atoms with Gasteiger partial charge in [-0.25, -0.2) is 4.99 Å². The summed E-state index contributed by atoms with van der Waals surface area (Å²) in [4.78, 5) is 6.83. The third-order valence-electron chi connectivity index (χ3n) is 4.33. The van der Waals surface area contributed by atoms with Crippen LogP contribution in [0, 0.1) is 0 Å². The Morgan fingerprint density at radius 1 is 1.23 bits per heavy atom. The molecule has 0 aromatic heterocycles. The summed E-state index contributed by atoms with van der Waals surface area (Å²) in [6, 6.07) is 5.74. The first-order valence-electron chi connectivity index (χ1n) is 9.14. The van der Waals surface area contributed by atoms with Gasteiger partial charge >= 0.3 is 0 Å². The molecule has 1 aliphatic heterocycles. The Bertz CT molecular complexity index is 584. The second-order valence-electron chi connectivity index (χ2n) is 6.69. The van der Waals surface area contributed by atoms with Gasteiger partial charge in [-0.15, -0.1) is 0 Å². The van der Waals surface area contributed by atoms with E-state index >= 15 is 0 Å². The third kappa shape index (κ3) is 6.38. The minimum atomic E-state index is 0.305. The topological polar surface area (TPSA) is 81.3 Å². The second kappa shape index (κ2) is 10.2. The average Bonchev–Trinajstić information content (AvgIpc) is 2.62. The summed E-state index contributed by atoms with van der Waals surface area (Å²) in [6.45, 7) is 8.58. The predicted molar refractivity (Wildman–Crippen MR) is 104 cm³/mol. The maximum absolute atomic E-state index is 5.96. The number of hydrogen-bond donors (Lipinski definition) is 2. The van der Waals surface area contributed by atoms with E-state index < -0.39 is 0 Å². The molecule has 1 heterocycles. The molecule has 1 fully saturated rings. The number of rotatable bonds is 8. The van der Waals surface area contributed by atoms with Crippen molar-refractivity contribution >= 4 is 5.96 Å². The number of benzene rings is 1. The zero-order chi connectivity index (χ0) is 18.9. The lowest BCUT2D eigenvalue weighted by atomic mass is 10.2. The fourth-order valence-electron chi connectivity index (χ4n) is 3.20. The summed E-state index contributed by atoms with van der Waals surface area (Å²) in [7, 11) is 3.24. The molecule has 146 valence electrons. The van der Waals surface area contributed by atoms with E-state index in [1.807, 2.05) is 18.2 Å². The van der Waals surface area contributed by atoms with Crippen LogP contribution in [0.1, 0.15) is 25.8 Å². The van der Waals surface area contributed by atoms with Crippen molar-refractivity contribution in [1.29, 1.82) is 0 Å². The number of guanidine groups is 1. The standard InChI is InChI=1S/C19H32N4O3/c1-14-12-23(13-15(2)26-14)9-5-8-21-19(20)22-11-16-6-7-17(24-3)18(10-16)25-4/h6-7,10,14-15H,5,8-9,11-13H2,1-4H3,(H3,20,21,22). The Morgan fingerprint density at radius 2 is 1.92 bits per heavy atom. The van der Waals surface area contributed by atoms with Gasteiger partial charge in [-0.05, 0) is 38.0 Å². The molecule has 0 bridgehead atoms. The minimum absolute atomic E-state index is 0.305. The van der Waals surface area contributed by atoms with Crippen LogP contribution in [0.3, 0.4) is 0 Å². The van der Waals surface area contributed by atoms with Gasteiger partial charge in [0.25, 0.3) is 0 Å². The first kappa shape index (κ1) is 20.3. The number of nitrogens with one attached hydrogen (secondary N) is 1. The molecule has 1 saturated heterocycles. The normalized spacial score (nSPS) is 21.5. The summed E-state index contributed by atoms with van der Waals surface area (Å²) < 4.78 is 16.3. The Hall–Kier alpha value is -1.99. The maximum Gasteiger partial charge on any atom is 0.188 e. The first-order chi connectivity index (χ1) is 12.5. The number of aliphatic imine (C=N–C) groups is 1. The average molecular weight is 364 g/mol. The van der Waals surface area contributed by atoms with E-state index in [2.05, 4.69) is 29.1 Å². The smallest absolute Gasteiger partial charge is 0.188 e.